The van der Waals surface area contributed by atoms with Crippen LogP contribution in [0, 0.1) is 0 Å². The van der Waals surface area contributed by atoms with Gasteiger partial charge in [0.05, 0.1) is 52.0 Å². The lowest BCUT2D eigenvalue weighted by atomic mass is 10.3. The highest BCUT2D eigenvalue weighted by Crippen LogP contribution is 1.87. The van der Waals surface area contributed by atoms with Gasteiger partial charge in [-0.15, -0.1) is 0 Å². The summed E-state index contributed by atoms with van der Waals surface area (Å²) in [5, 5.41) is 3.59. The highest BCUT2D eigenvalue weighted by Gasteiger charge is 1.96. The van der Waals surface area contributed by atoms with Crippen molar-refractivity contribution in [2.24, 2.45) is 15.9 Å². The highest BCUT2D eigenvalue weighted by molar-refractivity contribution is 6.30. The molecular formula is C14H31N3O4. The Hall–Kier alpha value is -1.02. The van der Waals surface area contributed by atoms with E-state index < -0.39 is 0 Å². The molecule has 0 aliphatic heterocycles. The molecule has 0 saturated carbocycles. The lowest BCUT2D eigenvalue weighted by molar-refractivity contribution is 0.00458. The number of hydrogen-bond donors (Lipinski definition) is 1. The van der Waals surface area contributed by atoms with Crippen molar-refractivity contribution in [3.05, 3.63) is 0 Å². The predicted molar refractivity (Wildman–Crippen MR) is 86.3 cm³/mol. The Morgan fingerprint density at radius 3 is 1.81 bits per heavy atom. The van der Waals surface area contributed by atoms with Crippen LogP contribution >= 0.6 is 0 Å². The van der Waals surface area contributed by atoms with Crippen LogP contribution in [0.5, 0.6) is 0 Å². The maximum atomic E-state index is 5.37. The zero-order chi connectivity index (χ0) is 16.2. The number of aliphatic imine (C=N–C) groups is 1. The van der Waals surface area contributed by atoms with Crippen molar-refractivity contribution in [3.8, 4) is 0 Å². The Kier molecular flexibility index (Phi) is 22.6. The van der Waals surface area contributed by atoms with Crippen LogP contribution in [0.2, 0.25) is 0 Å². The second kappa shape index (κ2) is 21.3. The Morgan fingerprint density at radius 1 is 0.905 bits per heavy atom. The van der Waals surface area contributed by atoms with Gasteiger partial charge in [0.15, 0.2) is 0 Å². The molecule has 0 amide bonds. The van der Waals surface area contributed by atoms with Gasteiger partial charge in [-0.2, -0.15) is 5.10 Å². The van der Waals surface area contributed by atoms with Crippen LogP contribution in [0.1, 0.15) is 20.3 Å². The molecule has 0 unspecified atom stereocenters. The van der Waals surface area contributed by atoms with Crippen LogP contribution in [-0.2, 0) is 18.9 Å². The third kappa shape index (κ3) is 19.0. The standard InChI is InChI=1S/C12H25N3O4.C2H6/c1-14-11-12(15-13)3-4-17-7-8-19-10-9-18-6-5-16-2;1-2/h11H,3-10,13H2,1-2H3;1-2H3/b14-11?,15-12-;. The number of hydrogen-bond acceptors (Lipinski definition) is 7. The van der Waals surface area contributed by atoms with Crippen molar-refractivity contribution in [1.29, 1.82) is 0 Å². The van der Waals surface area contributed by atoms with Crippen molar-refractivity contribution in [2.75, 3.05) is 60.4 Å². The Bertz CT molecular complexity index is 248. The zero-order valence-corrected chi connectivity index (χ0v) is 13.8. The van der Waals surface area contributed by atoms with Gasteiger partial charge >= 0.3 is 0 Å². The van der Waals surface area contributed by atoms with Gasteiger partial charge in [-0.05, 0) is 0 Å². The topological polar surface area (TPSA) is 87.7 Å². The molecule has 0 radical (unpaired) electrons. The van der Waals surface area contributed by atoms with Gasteiger partial charge in [0.2, 0.25) is 0 Å². The minimum atomic E-state index is 0.541. The molecule has 0 atom stereocenters. The number of ether oxygens (including phenoxy) is 4. The normalized spacial score (nSPS) is 11.5. The largest absolute Gasteiger partial charge is 0.382 e. The summed E-state index contributed by atoms with van der Waals surface area (Å²) in [6, 6.07) is 0. The third-order valence-electron chi connectivity index (χ3n) is 2.12. The lowest BCUT2D eigenvalue weighted by Gasteiger charge is -2.06. The first-order chi connectivity index (χ1) is 10.3. The van der Waals surface area contributed by atoms with E-state index in [0.29, 0.717) is 52.7 Å². The first-order valence-electron chi connectivity index (χ1n) is 7.26. The summed E-state index contributed by atoms with van der Waals surface area (Å²) < 4.78 is 20.8. The number of nitrogens with zero attached hydrogens (tertiary/aromatic N) is 2. The van der Waals surface area contributed by atoms with Crippen molar-refractivity contribution in [1.82, 2.24) is 0 Å². The highest BCUT2D eigenvalue weighted by atomic mass is 16.6. The van der Waals surface area contributed by atoms with Gasteiger partial charge in [0.25, 0.3) is 0 Å². The van der Waals surface area contributed by atoms with Crippen LogP contribution in [0.15, 0.2) is 10.1 Å². The number of nitrogens with two attached hydrogens (primary N) is 1. The van der Waals surface area contributed by atoms with Crippen molar-refractivity contribution in [2.45, 2.75) is 20.3 Å². The van der Waals surface area contributed by atoms with Crippen molar-refractivity contribution in [3.63, 3.8) is 0 Å². The molecule has 0 aromatic carbocycles. The quantitative estimate of drug-likeness (QED) is 0.238. The maximum Gasteiger partial charge on any atom is 0.0801 e. The average molecular weight is 305 g/mol. The van der Waals surface area contributed by atoms with E-state index in [1.165, 1.54) is 0 Å². The minimum Gasteiger partial charge on any atom is -0.382 e. The van der Waals surface area contributed by atoms with E-state index in [2.05, 4.69) is 10.1 Å². The third-order valence-corrected chi connectivity index (χ3v) is 2.12. The molecule has 126 valence electrons. The summed E-state index contributed by atoms with van der Waals surface area (Å²) >= 11 is 0. The van der Waals surface area contributed by atoms with E-state index in [9.17, 15) is 0 Å². The summed E-state index contributed by atoms with van der Waals surface area (Å²) in [6.07, 6.45) is 2.27. The summed E-state index contributed by atoms with van der Waals surface area (Å²) in [5.74, 6) is 5.18. The Morgan fingerprint density at radius 2 is 1.38 bits per heavy atom. The molecule has 7 heteroatoms. The van der Waals surface area contributed by atoms with E-state index in [0.717, 1.165) is 5.71 Å². The molecule has 0 rings (SSSR count). The van der Waals surface area contributed by atoms with E-state index in [1.54, 1.807) is 20.4 Å². The van der Waals surface area contributed by atoms with Gasteiger partial charge in [0.1, 0.15) is 0 Å². The number of hydrazone groups is 1. The Labute approximate surface area is 128 Å². The van der Waals surface area contributed by atoms with Crippen LogP contribution in [-0.4, -0.2) is 72.3 Å². The van der Waals surface area contributed by atoms with Gasteiger partial charge in [-0.25, -0.2) is 0 Å². The molecule has 0 fully saturated rings. The molecular weight excluding hydrogens is 274 g/mol. The number of rotatable bonds is 13. The van der Waals surface area contributed by atoms with Gasteiger partial charge in [0, 0.05) is 26.8 Å². The molecule has 0 saturated heterocycles. The first-order valence-corrected chi connectivity index (χ1v) is 7.26. The second-order valence-corrected chi connectivity index (χ2v) is 3.59. The molecule has 7 nitrogen and oxygen atoms in total. The summed E-state index contributed by atoms with van der Waals surface area (Å²) in [6.45, 7) is 7.97. The maximum absolute atomic E-state index is 5.37. The summed E-state index contributed by atoms with van der Waals surface area (Å²) in [7, 11) is 3.32. The van der Waals surface area contributed by atoms with Gasteiger partial charge < -0.3 is 24.8 Å². The van der Waals surface area contributed by atoms with Crippen LogP contribution in [0.25, 0.3) is 0 Å². The van der Waals surface area contributed by atoms with E-state index in [4.69, 9.17) is 24.8 Å². The van der Waals surface area contributed by atoms with Crippen molar-refractivity contribution < 1.29 is 18.9 Å². The predicted octanol–water partition coefficient (Wildman–Crippen LogP) is 1.11. The zero-order valence-electron chi connectivity index (χ0n) is 13.8. The van der Waals surface area contributed by atoms with Crippen molar-refractivity contribution >= 4 is 11.9 Å². The minimum absolute atomic E-state index is 0.541. The molecule has 0 aromatic rings. The smallest absolute Gasteiger partial charge is 0.0801 e. The number of methoxy groups -OCH3 is 1. The summed E-state index contributed by atoms with van der Waals surface area (Å²) in [5.41, 5.74) is 0.718. The van der Waals surface area contributed by atoms with Crippen LogP contribution in [0.4, 0.5) is 0 Å². The van der Waals surface area contributed by atoms with E-state index >= 15 is 0 Å². The Balaban J connectivity index is 0. The van der Waals surface area contributed by atoms with E-state index in [-0.39, 0.29) is 0 Å². The average Bonchev–Trinajstić information content (AvgIpc) is 2.53. The monoisotopic (exact) mass is 305 g/mol. The fourth-order valence-corrected chi connectivity index (χ4v) is 1.17. The SMILES string of the molecule is CC.CN=C/C(CCOCCOCCOCCOC)=N\N. The van der Waals surface area contributed by atoms with Crippen LogP contribution in [0.3, 0.4) is 0 Å². The fraction of sp³-hybridized carbons (Fsp3) is 0.857. The van der Waals surface area contributed by atoms with Gasteiger partial charge in [-0.1, -0.05) is 13.8 Å². The molecule has 0 bridgehead atoms. The van der Waals surface area contributed by atoms with E-state index in [1.807, 2.05) is 13.8 Å². The molecule has 0 spiro atoms. The fourth-order valence-electron chi connectivity index (χ4n) is 1.17. The molecule has 2 N–H and O–H groups in total. The molecule has 0 aliphatic carbocycles. The van der Waals surface area contributed by atoms with Gasteiger partial charge in [-0.3, -0.25) is 4.99 Å². The molecule has 0 heterocycles. The molecule has 0 aliphatic rings. The van der Waals surface area contributed by atoms with Crippen LogP contribution < -0.4 is 5.84 Å². The molecule has 0 aromatic heterocycles. The second-order valence-electron chi connectivity index (χ2n) is 3.59. The first kappa shape index (κ1) is 22.3. The lowest BCUT2D eigenvalue weighted by Crippen LogP contribution is -2.13. The summed E-state index contributed by atoms with van der Waals surface area (Å²) in [4.78, 5) is 3.84. The molecule has 21 heavy (non-hydrogen) atoms.